The fourth-order valence-electron chi connectivity index (χ4n) is 0.989. The molecule has 0 radical (unpaired) electrons. The quantitative estimate of drug-likeness (QED) is 0.741. The Hall–Kier alpha value is -0.900. The second kappa shape index (κ2) is 4.97. The van der Waals surface area contributed by atoms with Gasteiger partial charge in [-0.2, -0.15) is 0 Å². The van der Waals surface area contributed by atoms with Crippen LogP contribution in [-0.4, -0.2) is 29.4 Å². The van der Waals surface area contributed by atoms with Crippen LogP contribution in [0.25, 0.3) is 0 Å². The number of carbonyl (C=O) groups is 1. The molecule has 0 atom stereocenters. The van der Waals surface area contributed by atoms with Crippen LogP contribution in [0.3, 0.4) is 0 Å². The number of hydrogen-bond acceptors (Lipinski definition) is 3. The van der Waals surface area contributed by atoms with Crippen molar-refractivity contribution >= 4 is 17.2 Å². The second-order valence-electron chi connectivity index (χ2n) is 2.92. The smallest absolute Gasteiger partial charge is 0.282 e. The van der Waals surface area contributed by atoms with E-state index in [2.05, 4.69) is 11.9 Å². The molecule has 0 fully saturated rings. The molecule has 1 aromatic heterocycles. The fourth-order valence-corrected chi connectivity index (χ4v) is 1.62. The van der Waals surface area contributed by atoms with Crippen LogP contribution < -0.4 is 0 Å². The lowest BCUT2D eigenvalue weighted by molar-refractivity contribution is 0.0793. The molecule has 72 valence electrons. The molecular formula is C9H14N2OS. The SMILES string of the molecule is CCCCN(C)C(=O)c1nccs1. The molecule has 0 aliphatic heterocycles. The van der Waals surface area contributed by atoms with Crippen molar-refractivity contribution in [2.75, 3.05) is 13.6 Å². The predicted octanol–water partition coefficient (Wildman–Crippen LogP) is 2.02. The molecule has 0 saturated heterocycles. The zero-order valence-electron chi connectivity index (χ0n) is 7.99. The fraction of sp³-hybridized carbons (Fsp3) is 0.556. The van der Waals surface area contributed by atoms with E-state index >= 15 is 0 Å². The van der Waals surface area contributed by atoms with Crippen LogP contribution in [-0.2, 0) is 0 Å². The summed E-state index contributed by atoms with van der Waals surface area (Å²) >= 11 is 1.39. The molecule has 0 bridgehead atoms. The molecular weight excluding hydrogens is 184 g/mol. The van der Waals surface area contributed by atoms with Crippen molar-refractivity contribution in [3.05, 3.63) is 16.6 Å². The van der Waals surface area contributed by atoms with Crippen LogP contribution in [0.2, 0.25) is 0 Å². The topological polar surface area (TPSA) is 33.2 Å². The lowest BCUT2D eigenvalue weighted by Crippen LogP contribution is -2.27. The first-order valence-corrected chi connectivity index (χ1v) is 5.28. The number of hydrogen-bond donors (Lipinski definition) is 0. The van der Waals surface area contributed by atoms with Gasteiger partial charge >= 0.3 is 0 Å². The Kier molecular flexibility index (Phi) is 3.89. The molecule has 0 aromatic carbocycles. The van der Waals surface area contributed by atoms with Gasteiger partial charge in [-0.05, 0) is 6.42 Å². The van der Waals surface area contributed by atoms with Crippen molar-refractivity contribution in [3.8, 4) is 0 Å². The van der Waals surface area contributed by atoms with Crippen molar-refractivity contribution in [1.82, 2.24) is 9.88 Å². The van der Waals surface area contributed by atoms with E-state index in [1.807, 2.05) is 12.4 Å². The molecule has 0 aliphatic rings. The predicted molar refractivity (Wildman–Crippen MR) is 54.0 cm³/mol. The Morgan fingerprint density at radius 2 is 2.46 bits per heavy atom. The first-order chi connectivity index (χ1) is 6.25. The molecule has 1 heterocycles. The molecule has 0 spiro atoms. The lowest BCUT2D eigenvalue weighted by atomic mass is 10.3. The number of amides is 1. The number of thiazole rings is 1. The minimum atomic E-state index is 0.0310. The summed E-state index contributed by atoms with van der Waals surface area (Å²) in [5.41, 5.74) is 0. The Balaban J connectivity index is 2.48. The normalized spacial score (nSPS) is 10.0. The molecule has 0 N–H and O–H groups in total. The average molecular weight is 198 g/mol. The van der Waals surface area contributed by atoms with E-state index in [4.69, 9.17) is 0 Å². The Bertz CT molecular complexity index is 259. The standard InChI is InChI=1S/C9H14N2OS/c1-3-4-6-11(2)9(12)8-10-5-7-13-8/h5,7H,3-4,6H2,1-2H3. The highest BCUT2D eigenvalue weighted by atomic mass is 32.1. The molecule has 1 rings (SSSR count). The highest BCUT2D eigenvalue weighted by Crippen LogP contribution is 2.07. The van der Waals surface area contributed by atoms with E-state index in [0.717, 1.165) is 19.4 Å². The molecule has 0 unspecified atom stereocenters. The average Bonchev–Trinajstić information content (AvgIpc) is 2.65. The zero-order chi connectivity index (χ0) is 9.68. The van der Waals surface area contributed by atoms with Gasteiger partial charge < -0.3 is 4.90 Å². The highest BCUT2D eigenvalue weighted by molar-refractivity contribution is 7.11. The van der Waals surface area contributed by atoms with Crippen LogP contribution in [0, 0.1) is 0 Å². The molecule has 3 nitrogen and oxygen atoms in total. The molecule has 4 heteroatoms. The van der Waals surface area contributed by atoms with E-state index in [0.29, 0.717) is 5.01 Å². The van der Waals surface area contributed by atoms with Gasteiger partial charge in [0.15, 0.2) is 5.01 Å². The number of nitrogens with zero attached hydrogens (tertiary/aromatic N) is 2. The largest absolute Gasteiger partial charge is 0.340 e. The Morgan fingerprint density at radius 3 is 3.00 bits per heavy atom. The van der Waals surface area contributed by atoms with Crippen LogP contribution in [0.1, 0.15) is 29.6 Å². The number of unbranched alkanes of at least 4 members (excludes halogenated alkanes) is 1. The van der Waals surface area contributed by atoms with Gasteiger partial charge in [0.25, 0.3) is 5.91 Å². The third-order valence-corrected chi connectivity index (χ3v) is 2.57. The molecule has 1 amide bonds. The van der Waals surface area contributed by atoms with Gasteiger partial charge in [-0.15, -0.1) is 11.3 Å². The minimum Gasteiger partial charge on any atom is -0.340 e. The van der Waals surface area contributed by atoms with Gasteiger partial charge in [0.1, 0.15) is 0 Å². The Labute approximate surface area is 82.4 Å². The number of rotatable bonds is 4. The van der Waals surface area contributed by atoms with Gasteiger partial charge in [0.2, 0.25) is 0 Å². The highest BCUT2D eigenvalue weighted by Gasteiger charge is 2.12. The summed E-state index contributed by atoms with van der Waals surface area (Å²) in [6.45, 7) is 2.93. The first kappa shape index (κ1) is 10.2. The van der Waals surface area contributed by atoms with Gasteiger partial charge in [-0.3, -0.25) is 4.79 Å². The van der Waals surface area contributed by atoms with Crippen molar-refractivity contribution in [2.24, 2.45) is 0 Å². The number of aromatic nitrogens is 1. The third kappa shape index (κ3) is 2.81. The van der Waals surface area contributed by atoms with Crippen molar-refractivity contribution in [3.63, 3.8) is 0 Å². The maximum absolute atomic E-state index is 11.6. The zero-order valence-corrected chi connectivity index (χ0v) is 8.80. The van der Waals surface area contributed by atoms with Crippen LogP contribution >= 0.6 is 11.3 Å². The van der Waals surface area contributed by atoms with Gasteiger partial charge in [0.05, 0.1) is 0 Å². The summed E-state index contributed by atoms with van der Waals surface area (Å²) in [5.74, 6) is 0.0310. The molecule has 1 aromatic rings. The van der Waals surface area contributed by atoms with E-state index in [1.165, 1.54) is 11.3 Å². The summed E-state index contributed by atoms with van der Waals surface area (Å²) in [7, 11) is 1.82. The maximum Gasteiger partial charge on any atom is 0.282 e. The van der Waals surface area contributed by atoms with Crippen molar-refractivity contribution < 1.29 is 4.79 Å². The monoisotopic (exact) mass is 198 g/mol. The molecule has 13 heavy (non-hydrogen) atoms. The van der Waals surface area contributed by atoms with E-state index in [9.17, 15) is 4.79 Å². The molecule has 0 aliphatic carbocycles. The van der Waals surface area contributed by atoms with Crippen LogP contribution in [0.4, 0.5) is 0 Å². The summed E-state index contributed by atoms with van der Waals surface area (Å²) in [6.07, 6.45) is 3.81. The summed E-state index contributed by atoms with van der Waals surface area (Å²) in [4.78, 5) is 17.3. The number of carbonyl (C=O) groups excluding carboxylic acids is 1. The summed E-state index contributed by atoms with van der Waals surface area (Å²) in [6, 6.07) is 0. The summed E-state index contributed by atoms with van der Waals surface area (Å²) < 4.78 is 0. The maximum atomic E-state index is 11.6. The summed E-state index contributed by atoms with van der Waals surface area (Å²) in [5, 5.41) is 2.40. The second-order valence-corrected chi connectivity index (χ2v) is 3.81. The lowest BCUT2D eigenvalue weighted by Gasteiger charge is -2.14. The first-order valence-electron chi connectivity index (χ1n) is 4.40. The minimum absolute atomic E-state index is 0.0310. The van der Waals surface area contributed by atoms with Gasteiger partial charge in [0, 0.05) is 25.2 Å². The van der Waals surface area contributed by atoms with E-state index in [1.54, 1.807) is 11.1 Å². The van der Waals surface area contributed by atoms with Crippen molar-refractivity contribution in [2.45, 2.75) is 19.8 Å². The van der Waals surface area contributed by atoms with E-state index < -0.39 is 0 Å². The third-order valence-electron chi connectivity index (χ3n) is 1.81. The van der Waals surface area contributed by atoms with Gasteiger partial charge in [-0.25, -0.2) is 4.98 Å². The van der Waals surface area contributed by atoms with E-state index in [-0.39, 0.29) is 5.91 Å². The van der Waals surface area contributed by atoms with Gasteiger partial charge in [-0.1, -0.05) is 13.3 Å². The van der Waals surface area contributed by atoms with Crippen LogP contribution in [0.15, 0.2) is 11.6 Å². The van der Waals surface area contributed by atoms with Crippen LogP contribution in [0.5, 0.6) is 0 Å². The molecule has 0 saturated carbocycles. The van der Waals surface area contributed by atoms with Crippen molar-refractivity contribution in [1.29, 1.82) is 0 Å². The Morgan fingerprint density at radius 1 is 1.69 bits per heavy atom.